The Bertz CT molecular complexity index is 3460. The maximum atomic E-state index is 14.0. The number of benzene rings is 4. The number of aliphatic hydroxyl groups is 2. The van der Waals surface area contributed by atoms with Gasteiger partial charge in [0.1, 0.15) is 12.1 Å². The van der Waals surface area contributed by atoms with Crippen LogP contribution in [0.3, 0.4) is 0 Å². The van der Waals surface area contributed by atoms with Crippen LogP contribution in [0.25, 0.3) is 0 Å². The molecule has 6 aromatic rings. The van der Waals surface area contributed by atoms with Crippen molar-refractivity contribution in [3.05, 3.63) is 192 Å². The van der Waals surface area contributed by atoms with E-state index in [4.69, 9.17) is 0 Å². The first-order valence-electron chi connectivity index (χ1n) is 33.3. The summed E-state index contributed by atoms with van der Waals surface area (Å²) in [5, 5.41) is 41.9. The van der Waals surface area contributed by atoms with E-state index >= 15 is 0 Å². The molecule has 0 radical (unpaired) electrons. The third-order valence-electron chi connectivity index (χ3n) is 17.4. The molecule has 0 saturated heterocycles. The van der Waals surface area contributed by atoms with Crippen molar-refractivity contribution in [3.8, 4) is 0 Å². The summed E-state index contributed by atoms with van der Waals surface area (Å²) in [4.78, 5) is 63.2. The number of nitrogens with zero attached hydrogens (tertiary/aromatic N) is 4. The van der Waals surface area contributed by atoms with Crippen molar-refractivity contribution >= 4 is 43.7 Å². The summed E-state index contributed by atoms with van der Waals surface area (Å²) in [5.74, 6) is -1.59. The third kappa shape index (κ3) is 21.9. The molecule has 2 aliphatic carbocycles. The van der Waals surface area contributed by atoms with Crippen molar-refractivity contribution in [1.29, 1.82) is 0 Å². The minimum absolute atomic E-state index is 0.0124. The molecule has 6 atom stereocenters. The summed E-state index contributed by atoms with van der Waals surface area (Å²) < 4.78 is 57.7. The molecule has 0 unspecified atom stereocenters. The van der Waals surface area contributed by atoms with Crippen LogP contribution in [0.2, 0.25) is 0 Å². The van der Waals surface area contributed by atoms with Crippen molar-refractivity contribution in [2.24, 2.45) is 22.7 Å². The van der Waals surface area contributed by atoms with Crippen LogP contribution in [0.1, 0.15) is 128 Å². The lowest BCUT2D eigenvalue weighted by atomic mass is 9.85. The van der Waals surface area contributed by atoms with Crippen LogP contribution >= 0.6 is 0 Å². The van der Waals surface area contributed by atoms with Crippen molar-refractivity contribution in [2.45, 2.75) is 179 Å². The van der Waals surface area contributed by atoms with Gasteiger partial charge in [-0.25, -0.2) is 16.8 Å². The zero-order valence-electron chi connectivity index (χ0n) is 57.9. The van der Waals surface area contributed by atoms with E-state index in [-0.39, 0.29) is 96.6 Å². The van der Waals surface area contributed by atoms with Crippen molar-refractivity contribution in [3.63, 3.8) is 0 Å². The molecule has 2 aliphatic rings. The molecule has 4 amide bonds. The van der Waals surface area contributed by atoms with E-state index in [2.05, 4.69) is 41.9 Å². The summed E-state index contributed by atoms with van der Waals surface area (Å²) >= 11 is 0. The van der Waals surface area contributed by atoms with Crippen LogP contribution in [0.15, 0.2) is 168 Å². The number of nitrogens with one attached hydrogen (secondary N) is 6. The Morgan fingerprint density at radius 3 is 1.09 bits per heavy atom. The summed E-state index contributed by atoms with van der Waals surface area (Å²) in [6, 6.07) is 36.3. The predicted octanol–water partition coefficient (Wildman–Crippen LogP) is 7.87. The SMILES string of the molecule is Cc1ccc(S(=O)(=O)N(CC(C)C)C[C@@H](O)[C@H](Cc2ccccc2)NC(=O)[C@@H](NC(=O)CNC2(c3cccnc3)CC2)C(C)(C)C)cc1.Cc1ccc(S(=O)(=O)N(CC(C)C)C[C@@H](O)[C@H](Cc2ccccc2)NC(=O)[C@@H](NC(=O)CNC2(c3cccnc3)CC2)C(C)(C)C)cc1. The molecular formula is C74H102N10O10S2. The quantitative estimate of drug-likeness (QED) is 0.0200. The van der Waals surface area contributed by atoms with E-state index in [0.717, 1.165) is 59.1 Å². The van der Waals surface area contributed by atoms with Gasteiger partial charge >= 0.3 is 0 Å². The molecule has 0 bridgehead atoms. The number of aryl methyl sites for hydroxylation is 2. The zero-order chi connectivity index (χ0) is 70.2. The van der Waals surface area contributed by atoms with Crippen LogP contribution in [-0.2, 0) is 63.1 Å². The van der Waals surface area contributed by atoms with Crippen LogP contribution < -0.4 is 31.9 Å². The molecule has 4 aromatic carbocycles. The number of aliphatic hydroxyl groups excluding tert-OH is 2. The van der Waals surface area contributed by atoms with Crippen molar-refractivity contribution < 1.29 is 46.2 Å². The van der Waals surface area contributed by atoms with Gasteiger partial charge in [0.15, 0.2) is 0 Å². The number of hydrogen-bond acceptors (Lipinski definition) is 14. The normalized spacial score (nSPS) is 16.3. The lowest BCUT2D eigenvalue weighted by Gasteiger charge is -2.34. The second kappa shape index (κ2) is 33.3. The molecule has 0 spiro atoms. The second-order valence-corrected chi connectivity index (χ2v) is 32.8. The molecule has 2 fully saturated rings. The van der Waals surface area contributed by atoms with Crippen LogP contribution in [-0.4, -0.2) is 145 Å². The van der Waals surface area contributed by atoms with E-state index in [0.29, 0.717) is 0 Å². The van der Waals surface area contributed by atoms with Crippen LogP contribution in [0.5, 0.6) is 0 Å². The molecule has 8 rings (SSSR count). The van der Waals surface area contributed by atoms with E-state index in [9.17, 15) is 46.2 Å². The summed E-state index contributed by atoms with van der Waals surface area (Å²) in [6.07, 6.45) is 8.61. The highest BCUT2D eigenvalue weighted by Gasteiger charge is 2.46. The number of carbonyl (C=O) groups excluding carboxylic acids is 4. The molecule has 8 N–H and O–H groups in total. The number of hydrogen-bond donors (Lipinski definition) is 8. The minimum Gasteiger partial charge on any atom is -0.390 e. The number of aromatic nitrogens is 2. The number of carbonyl (C=O) groups is 4. The highest BCUT2D eigenvalue weighted by molar-refractivity contribution is 7.89. The van der Waals surface area contributed by atoms with Gasteiger partial charge in [0.2, 0.25) is 43.7 Å². The fourth-order valence-corrected chi connectivity index (χ4v) is 14.8. The smallest absolute Gasteiger partial charge is 0.243 e. The van der Waals surface area contributed by atoms with Gasteiger partial charge in [-0.3, -0.25) is 39.8 Å². The summed E-state index contributed by atoms with van der Waals surface area (Å²) in [7, 11) is -7.88. The Balaban J connectivity index is 0.000000271. The fourth-order valence-electron chi connectivity index (χ4n) is 11.5. The molecule has 2 heterocycles. The molecule has 22 heteroatoms. The number of sulfonamides is 2. The van der Waals surface area contributed by atoms with Crippen molar-refractivity contribution in [1.82, 2.24) is 50.5 Å². The predicted molar refractivity (Wildman–Crippen MR) is 375 cm³/mol. The zero-order valence-corrected chi connectivity index (χ0v) is 59.5. The molecule has 96 heavy (non-hydrogen) atoms. The fraction of sp³-hybridized carbons (Fsp3) is 0.486. The summed E-state index contributed by atoms with van der Waals surface area (Å²) in [6.45, 7) is 22.6. The molecular weight excluding hydrogens is 1250 g/mol. The highest BCUT2D eigenvalue weighted by atomic mass is 32.2. The van der Waals surface area contributed by atoms with Gasteiger partial charge in [-0.1, -0.05) is 177 Å². The van der Waals surface area contributed by atoms with Crippen molar-refractivity contribution in [2.75, 3.05) is 39.3 Å². The average Bonchev–Trinajstić information content (AvgIpc) is 1.59. The second-order valence-electron chi connectivity index (χ2n) is 28.9. The number of rotatable bonds is 32. The van der Waals surface area contributed by atoms with Gasteiger partial charge in [0.25, 0.3) is 0 Å². The van der Waals surface area contributed by atoms with E-state index < -0.39 is 79.1 Å². The topological polar surface area (TPSA) is 281 Å². The highest BCUT2D eigenvalue weighted by Crippen LogP contribution is 2.46. The molecule has 2 saturated carbocycles. The van der Waals surface area contributed by atoms with Gasteiger partial charge in [-0.15, -0.1) is 0 Å². The lowest BCUT2D eigenvalue weighted by molar-refractivity contribution is -0.132. The minimum atomic E-state index is -3.94. The third-order valence-corrected chi connectivity index (χ3v) is 21.1. The maximum Gasteiger partial charge on any atom is 0.243 e. The first-order chi connectivity index (χ1) is 45.2. The Kier molecular flexibility index (Phi) is 26.4. The Hall–Kier alpha value is -7.28. The first kappa shape index (κ1) is 76.1. The van der Waals surface area contributed by atoms with Crippen LogP contribution in [0, 0.1) is 36.5 Å². The Morgan fingerprint density at radius 2 is 0.812 bits per heavy atom. The number of pyridine rings is 2. The molecule has 520 valence electrons. The monoisotopic (exact) mass is 1350 g/mol. The van der Waals surface area contributed by atoms with Gasteiger partial charge < -0.3 is 31.5 Å². The van der Waals surface area contributed by atoms with E-state index in [1.54, 1.807) is 73.3 Å². The van der Waals surface area contributed by atoms with Crippen LogP contribution in [0.4, 0.5) is 0 Å². The first-order valence-corrected chi connectivity index (χ1v) is 36.2. The number of amides is 4. The average molecular weight is 1360 g/mol. The summed E-state index contributed by atoms with van der Waals surface area (Å²) in [5.41, 5.74) is 3.73. The van der Waals surface area contributed by atoms with Gasteiger partial charge in [0.05, 0.1) is 47.2 Å². The Labute approximate surface area is 569 Å². The largest absolute Gasteiger partial charge is 0.390 e. The van der Waals surface area contributed by atoms with E-state index in [1.807, 2.05) is 168 Å². The molecule has 0 aliphatic heterocycles. The maximum absolute atomic E-state index is 14.0. The van der Waals surface area contributed by atoms with Gasteiger partial charge in [0, 0.05) is 62.0 Å². The van der Waals surface area contributed by atoms with Gasteiger partial charge in [-0.05, 0) is 134 Å². The standard InChI is InChI=1S/2C37H51N5O5S/c2*1-26(2)24-42(48(46,47)30-16-14-27(3)15-17-30)25-32(43)31(21-28-11-8-7-9-12-28)40-35(45)34(36(4,5)6)41-33(44)23-39-37(18-19-37)29-13-10-20-38-22-29/h2*7-17,20,22,26,31-32,34,39,43H,18-19,21,23-25H2,1-6H3,(H,40,45)(H,41,44)/t2*31-,32+,34+/m00/s1. The lowest BCUT2D eigenvalue weighted by Crippen LogP contribution is -2.59. The molecule has 2 aromatic heterocycles. The van der Waals surface area contributed by atoms with Gasteiger partial charge in [-0.2, -0.15) is 8.61 Å². The Morgan fingerprint density at radius 1 is 0.479 bits per heavy atom. The molecule has 20 nitrogen and oxygen atoms in total. The van der Waals surface area contributed by atoms with E-state index in [1.165, 1.54) is 8.61 Å².